The standard InChI is InChI=1S/C17H32N4O.ClH/c1-17(5-6-18-14-17)15-20-11-9-19(10-12-20)13-16(22)21-7-3-2-4-8-21;/h18H,2-15H2,1H3;1H. The van der Waals surface area contributed by atoms with Crippen molar-refractivity contribution in [2.45, 2.75) is 32.6 Å². The van der Waals surface area contributed by atoms with Crippen LogP contribution in [0.3, 0.4) is 0 Å². The van der Waals surface area contributed by atoms with Crippen LogP contribution in [0.15, 0.2) is 0 Å². The molecule has 6 heteroatoms. The van der Waals surface area contributed by atoms with E-state index in [1.165, 1.54) is 38.8 Å². The van der Waals surface area contributed by atoms with E-state index in [1.807, 2.05) is 0 Å². The Labute approximate surface area is 147 Å². The van der Waals surface area contributed by atoms with Crippen LogP contribution in [0.25, 0.3) is 0 Å². The zero-order chi connectivity index (χ0) is 15.4. The van der Waals surface area contributed by atoms with E-state index < -0.39 is 0 Å². The van der Waals surface area contributed by atoms with Crippen LogP contribution in [0.2, 0.25) is 0 Å². The van der Waals surface area contributed by atoms with Crippen LogP contribution in [-0.2, 0) is 4.79 Å². The smallest absolute Gasteiger partial charge is 0.236 e. The summed E-state index contributed by atoms with van der Waals surface area (Å²) in [7, 11) is 0. The molecule has 0 radical (unpaired) electrons. The van der Waals surface area contributed by atoms with E-state index in [0.717, 1.165) is 45.8 Å². The van der Waals surface area contributed by atoms with Gasteiger partial charge in [-0.1, -0.05) is 6.92 Å². The summed E-state index contributed by atoms with van der Waals surface area (Å²) >= 11 is 0. The average molecular weight is 345 g/mol. The topological polar surface area (TPSA) is 38.8 Å². The molecule has 23 heavy (non-hydrogen) atoms. The number of piperidine rings is 1. The predicted octanol–water partition coefficient (Wildman–Crippen LogP) is 1.04. The second-order valence-electron chi connectivity index (χ2n) is 7.73. The van der Waals surface area contributed by atoms with E-state index in [-0.39, 0.29) is 12.4 Å². The molecule has 1 unspecified atom stereocenters. The molecule has 1 N–H and O–H groups in total. The van der Waals surface area contributed by atoms with Crippen LogP contribution in [0.1, 0.15) is 32.6 Å². The maximum atomic E-state index is 12.3. The summed E-state index contributed by atoms with van der Waals surface area (Å²) in [5, 5.41) is 3.49. The number of nitrogens with one attached hydrogen (secondary N) is 1. The predicted molar refractivity (Wildman–Crippen MR) is 96.2 cm³/mol. The van der Waals surface area contributed by atoms with Gasteiger partial charge in [0.2, 0.25) is 5.91 Å². The molecule has 0 bridgehead atoms. The molecule has 1 atom stereocenters. The SMILES string of the molecule is CC1(CN2CCN(CC(=O)N3CCCCC3)CC2)CCNC1.Cl. The van der Waals surface area contributed by atoms with Gasteiger partial charge in [-0.25, -0.2) is 0 Å². The highest BCUT2D eigenvalue weighted by Crippen LogP contribution is 2.26. The van der Waals surface area contributed by atoms with E-state index in [0.29, 0.717) is 17.9 Å². The first-order chi connectivity index (χ1) is 10.6. The van der Waals surface area contributed by atoms with E-state index in [2.05, 4.69) is 26.9 Å². The van der Waals surface area contributed by atoms with Crippen molar-refractivity contribution in [2.75, 3.05) is 65.4 Å². The molecule has 5 nitrogen and oxygen atoms in total. The molecule has 3 aliphatic rings. The molecule has 0 spiro atoms. The third kappa shape index (κ3) is 5.31. The second-order valence-corrected chi connectivity index (χ2v) is 7.73. The second kappa shape index (κ2) is 8.65. The van der Waals surface area contributed by atoms with Gasteiger partial charge in [0, 0.05) is 52.4 Å². The molecule has 0 aliphatic carbocycles. The Hall–Kier alpha value is -0.360. The summed E-state index contributed by atoms with van der Waals surface area (Å²) in [6, 6.07) is 0. The van der Waals surface area contributed by atoms with Crippen molar-refractivity contribution in [1.82, 2.24) is 20.0 Å². The Balaban J connectivity index is 0.00000192. The minimum atomic E-state index is 0. The lowest BCUT2D eigenvalue weighted by Gasteiger charge is -2.39. The van der Waals surface area contributed by atoms with Crippen molar-refractivity contribution in [2.24, 2.45) is 5.41 Å². The minimum Gasteiger partial charge on any atom is -0.342 e. The van der Waals surface area contributed by atoms with Gasteiger partial charge in [0.15, 0.2) is 0 Å². The van der Waals surface area contributed by atoms with E-state index in [4.69, 9.17) is 0 Å². The van der Waals surface area contributed by atoms with Gasteiger partial charge in [-0.3, -0.25) is 9.69 Å². The van der Waals surface area contributed by atoms with E-state index >= 15 is 0 Å². The lowest BCUT2D eigenvalue weighted by atomic mass is 9.89. The fraction of sp³-hybridized carbons (Fsp3) is 0.941. The van der Waals surface area contributed by atoms with Crippen molar-refractivity contribution in [3.05, 3.63) is 0 Å². The first-order valence-corrected chi connectivity index (χ1v) is 9.08. The van der Waals surface area contributed by atoms with Crippen LogP contribution in [0, 0.1) is 5.41 Å². The first kappa shape index (κ1) is 19.0. The van der Waals surface area contributed by atoms with Gasteiger partial charge in [0.05, 0.1) is 6.54 Å². The molecule has 0 saturated carbocycles. The fourth-order valence-corrected chi connectivity index (χ4v) is 4.08. The Morgan fingerprint density at radius 3 is 2.26 bits per heavy atom. The van der Waals surface area contributed by atoms with Crippen molar-refractivity contribution in [3.8, 4) is 0 Å². The lowest BCUT2D eigenvalue weighted by molar-refractivity contribution is -0.133. The molecule has 3 saturated heterocycles. The maximum Gasteiger partial charge on any atom is 0.236 e. The van der Waals surface area contributed by atoms with Crippen molar-refractivity contribution < 1.29 is 4.79 Å². The Morgan fingerprint density at radius 1 is 1.00 bits per heavy atom. The third-order valence-corrected chi connectivity index (χ3v) is 5.59. The molecular formula is C17H33ClN4O. The van der Waals surface area contributed by atoms with Gasteiger partial charge in [0.25, 0.3) is 0 Å². The minimum absolute atomic E-state index is 0. The summed E-state index contributed by atoms with van der Waals surface area (Å²) in [4.78, 5) is 19.4. The fourth-order valence-electron chi connectivity index (χ4n) is 4.08. The summed E-state index contributed by atoms with van der Waals surface area (Å²) in [5.41, 5.74) is 0.450. The Bertz CT molecular complexity index is 373. The quantitative estimate of drug-likeness (QED) is 0.827. The number of piperazine rings is 1. The van der Waals surface area contributed by atoms with Gasteiger partial charge in [-0.05, 0) is 37.6 Å². The van der Waals surface area contributed by atoms with Crippen LogP contribution in [0.5, 0.6) is 0 Å². The number of hydrogen-bond donors (Lipinski definition) is 1. The largest absolute Gasteiger partial charge is 0.342 e. The molecule has 0 aromatic carbocycles. The van der Waals surface area contributed by atoms with Crippen LogP contribution in [0.4, 0.5) is 0 Å². The highest BCUT2D eigenvalue weighted by Gasteiger charge is 2.32. The number of hydrogen-bond acceptors (Lipinski definition) is 4. The number of nitrogens with zero attached hydrogens (tertiary/aromatic N) is 3. The molecule has 3 fully saturated rings. The Kier molecular flexibility index (Phi) is 7.14. The average Bonchev–Trinajstić information content (AvgIpc) is 2.96. The monoisotopic (exact) mass is 344 g/mol. The summed E-state index contributed by atoms with van der Waals surface area (Å²) < 4.78 is 0. The van der Waals surface area contributed by atoms with Gasteiger partial charge in [-0.15, -0.1) is 12.4 Å². The molecule has 134 valence electrons. The molecular weight excluding hydrogens is 312 g/mol. The molecule has 3 rings (SSSR count). The van der Waals surface area contributed by atoms with Crippen LogP contribution < -0.4 is 5.32 Å². The van der Waals surface area contributed by atoms with Gasteiger partial charge >= 0.3 is 0 Å². The summed E-state index contributed by atoms with van der Waals surface area (Å²) in [5.74, 6) is 0.347. The van der Waals surface area contributed by atoms with E-state index in [9.17, 15) is 4.79 Å². The van der Waals surface area contributed by atoms with Gasteiger partial charge in [-0.2, -0.15) is 0 Å². The number of halogens is 1. The maximum absolute atomic E-state index is 12.3. The molecule has 1 amide bonds. The highest BCUT2D eigenvalue weighted by molar-refractivity contribution is 5.85. The number of likely N-dealkylation sites (tertiary alicyclic amines) is 1. The van der Waals surface area contributed by atoms with Gasteiger partial charge < -0.3 is 15.1 Å². The molecule has 0 aromatic heterocycles. The van der Waals surface area contributed by atoms with Crippen LogP contribution in [-0.4, -0.2) is 86.1 Å². The van der Waals surface area contributed by atoms with Crippen molar-refractivity contribution in [3.63, 3.8) is 0 Å². The molecule has 3 heterocycles. The van der Waals surface area contributed by atoms with E-state index in [1.54, 1.807) is 0 Å². The Morgan fingerprint density at radius 2 is 1.65 bits per heavy atom. The number of rotatable bonds is 4. The van der Waals surface area contributed by atoms with Crippen molar-refractivity contribution >= 4 is 18.3 Å². The zero-order valence-corrected chi connectivity index (χ0v) is 15.4. The normalized spacial score (nSPS) is 30.2. The summed E-state index contributed by atoms with van der Waals surface area (Å²) in [6.07, 6.45) is 4.95. The lowest BCUT2D eigenvalue weighted by Crippen LogP contribution is -2.52. The molecule has 3 aliphatic heterocycles. The number of carbonyl (C=O) groups is 1. The van der Waals surface area contributed by atoms with Crippen LogP contribution >= 0.6 is 12.4 Å². The zero-order valence-electron chi connectivity index (χ0n) is 14.6. The third-order valence-electron chi connectivity index (χ3n) is 5.59. The number of carbonyl (C=O) groups excluding carboxylic acids is 1. The van der Waals surface area contributed by atoms with Gasteiger partial charge in [0.1, 0.15) is 0 Å². The highest BCUT2D eigenvalue weighted by atomic mass is 35.5. The number of amides is 1. The summed E-state index contributed by atoms with van der Waals surface area (Å²) in [6.45, 7) is 12.8. The molecule has 0 aromatic rings. The first-order valence-electron chi connectivity index (χ1n) is 9.08. The van der Waals surface area contributed by atoms with Crippen molar-refractivity contribution in [1.29, 1.82) is 0 Å².